The molecule has 1 aromatic heterocycles. The van der Waals surface area contributed by atoms with Gasteiger partial charge in [0.05, 0.1) is 15.1 Å². The molecule has 8 heteroatoms. The van der Waals surface area contributed by atoms with Crippen LogP contribution < -0.4 is 4.72 Å². The maximum absolute atomic E-state index is 12.2. The van der Waals surface area contributed by atoms with E-state index >= 15 is 0 Å². The van der Waals surface area contributed by atoms with E-state index in [0.717, 1.165) is 5.56 Å². The van der Waals surface area contributed by atoms with Gasteiger partial charge in [0, 0.05) is 18.9 Å². The van der Waals surface area contributed by atoms with Gasteiger partial charge in [-0.1, -0.05) is 34.8 Å². The summed E-state index contributed by atoms with van der Waals surface area (Å²) in [6, 6.07) is 5.94. The fourth-order valence-electron chi connectivity index (χ4n) is 1.47. The highest BCUT2D eigenvalue weighted by Crippen LogP contribution is 2.31. The molecule has 0 bridgehead atoms. The quantitative estimate of drug-likeness (QED) is 0.857. The number of halogens is 3. The maximum Gasteiger partial charge on any atom is 0.242 e. The first-order valence-corrected chi connectivity index (χ1v) is 8.05. The third-order valence-electron chi connectivity index (χ3n) is 2.48. The molecule has 0 saturated carbocycles. The molecule has 0 fully saturated rings. The van der Waals surface area contributed by atoms with Gasteiger partial charge in [-0.15, -0.1) is 0 Å². The van der Waals surface area contributed by atoms with Crippen LogP contribution in [-0.2, 0) is 16.6 Å². The minimum Gasteiger partial charge on any atom is -0.265 e. The number of hydrogen-bond acceptors (Lipinski definition) is 3. The molecule has 0 atom stereocenters. The number of pyridine rings is 1. The van der Waals surface area contributed by atoms with Crippen molar-refractivity contribution in [3.8, 4) is 0 Å². The van der Waals surface area contributed by atoms with Crippen molar-refractivity contribution in [3.63, 3.8) is 0 Å². The van der Waals surface area contributed by atoms with Gasteiger partial charge in [0.25, 0.3) is 0 Å². The molecule has 20 heavy (non-hydrogen) atoms. The highest BCUT2D eigenvalue weighted by molar-refractivity contribution is 7.89. The van der Waals surface area contributed by atoms with Crippen LogP contribution >= 0.6 is 34.8 Å². The molecular weight excluding hydrogens is 343 g/mol. The molecule has 0 amide bonds. The first kappa shape index (κ1) is 15.5. The molecule has 4 nitrogen and oxygen atoms in total. The van der Waals surface area contributed by atoms with E-state index in [-0.39, 0.29) is 26.5 Å². The molecule has 0 unspecified atom stereocenters. The minimum atomic E-state index is -3.77. The monoisotopic (exact) mass is 350 g/mol. The molecule has 0 aliphatic rings. The van der Waals surface area contributed by atoms with Crippen LogP contribution in [0.1, 0.15) is 5.56 Å². The zero-order chi connectivity index (χ0) is 14.8. The van der Waals surface area contributed by atoms with Crippen molar-refractivity contribution in [1.29, 1.82) is 0 Å². The molecule has 106 valence electrons. The van der Waals surface area contributed by atoms with E-state index in [0.29, 0.717) is 0 Å². The van der Waals surface area contributed by atoms with Crippen molar-refractivity contribution in [2.24, 2.45) is 0 Å². The first-order chi connectivity index (χ1) is 9.40. The lowest BCUT2D eigenvalue weighted by atomic mass is 10.3. The second-order valence-electron chi connectivity index (χ2n) is 3.88. The molecule has 0 spiro atoms. The number of nitrogens with one attached hydrogen (secondary N) is 1. The van der Waals surface area contributed by atoms with E-state index in [2.05, 4.69) is 9.71 Å². The number of hydrogen-bond donors (Lipinski definition) is 1. The van der Waals surface area contributed by atoms with Crippen molar-refractivity contribution in [3.05, 3.63) is 57.3 Å². The third kappa shape index (κ3) is 3.62. The molecule has 1 heterocycles. The van der Waals surface area contributed by atoms with Crippen LogP contribution in [0.3, 0.4) is 0 Å². The van der Waals surface area contributed by atoms with E-state index in [1.807, 2.05) is 0 Å². The standard InChI is InChI=1S/C12H9Cl3N2O2S/c13-9-5-11(15)12(6-10(9)14)20(18,19)17-7-8-1-3-16-4-2-8/h1-6,17H,7H2. The van der Waals surface area contributed by atoms with Crippen LogP contribution in [0.5, 0.6) is 0 Å². The van der Waals surface area contributed by atoms with E-state index in [1.165, 1.54) is 12.1 Å². The van der Waals surface area contributed by atoms with E-state index < -0.39 is 10.0 Å². The van der Waals surface area contributed by atoms with Crippen molar-refractivity contribution >= 4 is 44.8 Å². The largest absolute Gasteiger partial charge is 0.265 e. The van der Waals surface area contributed by atoms with Gasteiger partial charge < -0.3 is 0 Å². The molecular formula is C12H9Cl3N2O2S. The number of aromatic nitrogens is 1. The van der Waals surface area contributed by atoms with Crippen LogP contribution in [0.15, 0.2) is 41.6 Å². The Morgan fingerprint density at radius 2 is 1.60 bits per heavy atom. The summed E-state index contributed by atoms with van der Waals surface area (Å²) in [7, 11) is -3.77. The van der Waals surface area contributed by atoms with Crippen LogP contribution in [0.4, 0.5) is 0 Å². The zero-order valence-corrected chi connectivity index (χ0v) is 13.1. The first-order valence-electron chi connectivity index (χ1n) is 5.43. The van der Waals surface area contributed by atoms with Gasteiger partial charge in [0.15, 0.2) is 0 Å². The summed E-state index contributed by atoms with van der Waals surface area (Å²) in [5.41, 5.74) is 0.778. The second-order valence-corrected chi connectivity index (χ2v) is 6.83. The highest BCUT2D eigenvalue weighted by atomic mass is 35.5. The van der Waals surface area contributed by atoms with E-state index in [4.69, 9.17) is 34.8 Å². The Balaban J connectivity index is 2.25. The highest BCUT2D eigenvalue weighted by Gasteiger charge is 2.19. The Bertz CT molecular complexity index is 721. The predicted molar refractivity (Wildman–Crippen MR) is 79.7 cm³/mol. The lowest BCUT2D eigenvalue weighted by Crippen LogP contribution is -2.23. The fraction of sp³-hybridized carbons (Fsp3) is 0.0833. The summed E-state index contributed by atoms with van der Waals surface area (Å²) in [5.74, 6) is 0. The normalized spacial score (nSPS) is 11.6. The lowest BCUT2D eigenvalue weighted by Gasteiger charge is -2.09. The summed E-state index contributed by atoms with van der Waals surface area (Å²) >= 11 is 17.5. The van der Waals surface area contributed by atoms with Crippen molar-refractivity contribution < 1.29 is 8.42 Å². The topological polar surface area (TPSA) is 59.1 Å². The number of sulfonamides is 1. The Labute approximate surface area is 131 Å². The predicted octanol–water partition coefficient (Wildman–Crippen LogP) is 3.52. The summed E-state index contributed by atoms with van der Waals surface area (Å²) in [5, 5.41) is 0.340. The smallest absolute Gasteiger partial charge is 0.242 e. The van der Waals surface area contributed by atoms with Crippen molar-refractivity contribution in [2.45, 2.75) is 11.4 Å². The molecule has 2 rings (SSSR count). The molecule has 1 aromatic carbocycles. The lowest BCUT2D eigenvalue weighted by molar-refractivity contribution is 0.581. The minimum absolute atomic E-state index is 0.0154. The SMILES string of the molecule is O=S(=O)(NCc1ccncc1)c1cc(Cl)c(Cl)cc1Cl. The van der Waals surface area contributed by atoms with Crippen LogP contribution in [0, 0.1) is 0 Å². The summed E-state index contributed by atoms with van der Waals surface area (Å²) in [6.07, 6.45) is 3.16. The van der Waals surface area contributed by atoms with E-state index in [9.17, 15) is 8.42 Å². The molecule has 1 N–H and O–H groups in total. The van der Waals surface area contributed by atoms with Gasteiger partial charge in [-0.3, -0.25) is 4.98 Å². The fourth-order valence-corrected chi connectivity index (χ4v) is 3.48. The Kier molecular flexibility index (Phi) is 4.88. The maximum atomic E-state index is 12.2. The van der Waals surface area contributed by atoms with E-state index in [1.54, 1.807) is 24.5 Å². The number of nitrogens with zero attached hydrogens (tertiary/aromatic N) is 1. The summed E-state index contributed by atoms with van der Waals surface area (Å²) < 4.78 is 26.8. The molecule has 0 aliphatic heterocycles. The van der Waals surface area contributed by atoms with Gasteiger partial charge >= 0.3 is 0 Å². The van der Waals surface area contributed by atoms with Gasteiger partial charge in [0.1, 0.15) is 4.90 Å². The number of rotatable bonds is 4. The average Bonchev–Trinajstić information content (AvgIpc) is 2.42. The number of benzene rings is 1. The van der Waals surface area contributed by atoms with Gasteiger partial charge in [0.2, 0.25) is 10.0 Å². The second kappa shape index (κ2) is 6.28. The third-order valence-corrected chi connectivity index (χ3v) is 5.07. The molecule has 0 saturated heterocycles. The van der Waals surface area contributed by atoms with Crippen LogP contribution in [-0.4, -0.2) is 13.4 Å². The van der Waals surface area contributed by atoms with Gasteiger partial charge in [-0.05, 0) is 29.8 Å². The van der Waals surface area contributed by atoms with Gasteiger partial charge in [-0.2, -0.15) is 0 Å². The van der Waals surface area contributed by atoms with Gasteiger partial charge in [-0.25, -0.2) is 13.1 Å². The summed E-state index contributed by atoms with van der Waals surface area (Å²) in [6.45, 7) is 0.126. The molecule has 0 radical (unpaired) electrons. The van der Waals surface area contributed by atoms with Crippen LogP contribution in [0.2, 0.25) is 15.1 Å². The van der Waals surface area contributed by atoms with Crippen molar-refractivity contribution in [1.82, 2.24) is 9.71 Å². The van der Waals surface area contributed by atoms with Crippen LogP contribution in [0.25, 0.3) is 0 Å². The average molecular weight is 352 g/mol. The summed E-state index contributed by atoms with van der Waals surface area (Å²) in [4.78, 5) is 3.74. The zero-order valence-electron chi connectivity index (χ0n) is 9.98. The molecule has 0 aliphatic carbocycles. The molecule has 2 aromatic rings. The Morgan fingerprint density at radius 3 is 2.25 bits per heavy atom. The Hall–Kier alpha value is -0.850. The Morgan fingerprint density at radius 1 is 1.00 bits per heavy atom. The van der Waals surface area contributed by atoms with Crippen molar-refractivity contribution in [2.75, 3.05) is 0 Å².